The van der Waals surface area contributed by atoms with E-state index in [1.807, 2.05) is 24.3 Å². The summed E-state index contributed by atoms with van der Waals surface area (Å²) in [4.78, 5) is 15.8. The van der Waals surface area contributed by atoms with Crippen LogP contribution in [0.15, 0.2) is 47.4 Å². The number of benzene rings is 2. The van der Waals surface area contributed by atoms with Crippen molar-refractivity contribution in [3.63, 3.8) is 0 Å². The van der Waals surface area contributed by atoms with E-state index in [1.165, 1.54) is 6.07 Å². The lowest BCUT2D eigenvalue weighted by Crippen LogP contribution is -2.43. The lowest BCUT2D eigenvalue weighted by molar-refractivity contribution is -0.126. The van der Waals surface area contributed by atoms with Crippen molar-refractivity contribution in [3.8, 4) is 0 Å². The minimum absolute atomic E-state index is 0.0696. The molecule has 2 aromatic rings. The number of piperidine rings is 1. The zero-order valence-electron chi connectivity index (χ0n) is 15.5. The van der Waals surface area contributed by atoms with Gasteiger partial charge in [0.05, 0.1) is 5.92 Å². The second-order valence-electron chi connectivity index (χ2n) is 6.87. The lowest BCUT2D eigenvalue weighted by Gasteiger charge is -2.32. The molecule has 1 atom stereocenters. The molecule has 1 aliphatic rings. The van der Waals surface area contributed by atoms with Crippen molar-refractivity contribution in [2.75, 3.05) is 25.4 Å². The molecule has 2 aromatic carbocycles. The Morgan fingerprint density at radius 3 is 2.75 bits per heavy atom. The summed E-state index contributed by atoms with van der Waals surface area (Å²) in [6, 6.07) is 12.4. The highest BCUT2D eigenvalue weighted by atomic mass is 35.5. The number of likely N-dealkylation sites (tertiary alicyclic amines) is 1. The highest BCUT2D eigenvalue weighted by Crippen LogP contribution is 2.24. The van der Waals surface area contributed by atoms with Gasteiger partial charge in [0.15, 0.2) is 0 Å². The molecule has 0 saturated carbocycles. The molecule has 3 rings (SSSR count). The van der Waals surface area contributed by atoms with E-state index in [0.29, 0.717) is 30.2 Å². The molecule has 0 radical (unpaired) electrons. The summed E-state index contributed by atoms with van der Waals surface area (Å²) in [5, 5.41) is 4.18. The number of carbonyl (C=O) groups excluding carboxylic acids is 1. The SMILES string of the molecule is O=C(NCCSc1ccc(Cl)cc1)C1CCCN(Cc2c(F)cccc2Cl)C1. The quantitative estimate of drug-likeness (QED) is 0.471. The van der Waals surface area contributed by atoms with Crippen LogP contribution in [0.4, 0.5) is 4.39 Å². The van der Waals surface area contributed by atoms with Crippen molar-refractivity contribution in [2.24, 2.45) is 5.92 Å². The van der Waals surface area contributed by atoms with E-state index in [1.54, 1.807) is 23.9 Å². The Bertz CT molecular complexity index is 783. The van der Waals surface area contributed by atoms with Gasteiger partial charge in [0, 0.05) is 45.9 Å². The van der Waals surface area contributed by atoms with Crippen LogP contribution in [0.5, 0.6) is 0 Å². The van der Waals surface area contributed by atoms with Crippen molar-refractivity contribution >= 4 is 40.9 Å². The number of halogens is 3. The van der Waals surface area contributed by atoms with Crippen molar-refractivity contribution in [2.45, 2.75) is 24.3 Å². The van der Waals surface area contributed by atoms with Gasteiger partial charge < -0.3 is 5.32 Å². The fourth-order valence-corrected chi connectivity index (χ4v) is 4.46. The van der Waals surface area contributed by atoms with Crippen LogP contribution in [0, 0.1) is 11.7 Å². The summed E-state index contributed by atoms with van der Waals surface area (Å²) < 4.78 is 14.0. The van der Waals surface area contributed by atoms with Gasteiger partial charge in [-0.3, -0.25) is 9.69 Å². The molecule has 1 aliphatic heterocycles. The third-order valence-electron chi connectivity index (χ3n) is 4.80. The number of hydrogen-bond donors (Lipinski definition) is 1. The van der Waals surface area contributed by atoms with Crippen molar-refractivity contribution in [1.29, 1.82) is 0 Å². The summed E-state index contributed by atoms with van der Waals surface area (Å²) in [6.45, 7) is 2.52. The van der Waals surface area contributed by atoms with Crippen LogP contribution in [0.1, 0.15) is 18.4 Å². The first-order valence-electron chi connectivity index (χ1n) is 9.34. The summed E-state index contributed by atoms with van der Waals surface area (Å²) >= 11 is 13.7. The molecule has 28 heavy (non-hydrogen) atoms. The van der Waals surface area contributed by atoms with Crippen molar-refractivity contribution in [1.82, 2.24) is 10.2 Å². The standard InChI is InChI=1S/C21H23Cl2FN2OS/c22-16-6-8-17(9-7-16)28-12-10-25-21(27)15-3-2-11-26(13-15)14-18-19(23)4-1-5-20(18)24/h1,4-9,15H,2-3,10-14H2,(H,25,27). The number of hydrogen-bond acceptors (Lipinski definition) is 3. The van der Waals surface area contributed by atoms with Crippen LogP contribution in [0.2, 0.25) is 10.0 Å². The Hall–Kier alpha value is -1.27. The molecule has 1 heterocycles. The number of nitrogens with zero attached hydrogens (tertiary/aromatic N) is 1. The first-order valence-corrected chi connectivity index (χ1v) is 11.1. The first-order chi connectivity index (χ1) is 13.5. The van der Waals surface area contributed by atoms with Crippen LogP contribution < -0.4 is 5.32 Å². The first kappa shape index (κ1) is 21.4. The molecule has 0 aromatic heterocycles. The summed E-state index contributed by atoms with van der Waals surface area (Å²) in [6.07, 6.45) is 1.78. The monoisotopic (exact) mass is 440 g/mol. The maximum atomic E-state index is 14.0. The predicted molar refractivity (Wildman–Crippen MR) is 115 cm³/mol. The van der Waals surface area contributed by atoms with Gasteiger partial charge in [0.2, 0.25) is 5.91 Å². The van der Waals surface area contributed by atoms with E-state index in [9.17, 15) is 9.18 Å². The minimum Gasteiger partial charge on any atom is -0.355 e. The van der Waals surface area contributed by atoms with Gasteiger partial charge in [0.1, 0.15) is 5.82 Å². The molecule has 1 N–H and O–H groups in total. The normalized spacial score (nSPS) is 17.5. The molecular weight excluding hydrogens is 418 g/mol. The average Bonchev–Trinajstić information content (AvgIpc) is 2.69. The Kier molecular flexibility index (Phi) is 8.03. The second-order valence-corrected chi connectivity index (χ2v) is 8.88. The third-order valence-corrected chi connectivity index (χ3v) is 6.42. The van der Waals surface area contributed by atoms with Gasteiger partial charge in [-0.1, -0.05) is 29.3 Å². The van der Waals surface area contributed by atoms with E-state index in [-0.39, 0.29) is 17.6 Å². The molecule has 1 fully saturated rings. The maximum Gasteiger partial charge on any atom is 0.224 e. The van der Waals surface area contributed by atoms with E-state index in [0.717, 1.165) is 35.1 Å². The van der Waals surface area contributed by atoms with Gasteiger partial charge in [-0.05, 0) is 55.8 Å². The van der Waals surface area contributed by atoms with Crippen LogP contribution in [0.3, 0.4) is 0 Å². The van der Waals surface area contributed by atoms with Crippen LogP contribution in [-0.2, 0) is 11.3 Å². The molecular formula is C21H23Cl2FN2OS. The Labute approximate surface area is 179 Å². The van der Waals surface area contributed by atoms with Gasteiger partial charge in [-0.25, -0.2) is 4.39 Å². The Balaban J connectivity index is 1.44. The van der Waals surface area contributed by atoms with E-state index in [4.69, 9.17) is 23.2 Å². The highest BCUT2D eigenvalue weighted by Gasteiger charge is 2.26. The summed E-state index contributed by atoms with van der Waals surface area (Å²) in [5.74, 6) is 0.508. The number of rotatable bonds is 7. The number of thioether (sulfide) groups is 1. The number of amides is 1. The third kappa shape index (κ3) is 6.11. The topological polar surface area (TPSA) is 32.3 Å². The number of nitrogens with one attached hydrogen (secondary N) is 1. The molecule has 0 bridgehead atoms. The molecule has 0 spiro atoms. The van der Waals surface area contributed by atoms with Crippen LogP contribution >= 0.6 is 35.0 Å². The zero-order chi connectivity index (χ0) is 19.9. The molecule has 3 nitrogen and oxygen atoms in total. The fraction of sp³-hybridized carbons (Fsp3) is 0.381. The van der Waals surface area contributed by atoms with Gasteiger partial charge in [-0.15, -0.1) is 11.8 Å². The predicted octanol–water partition coefficient (Wildman–Crippen LogP) is 5.25. The zero-order valence-corrected chi connectivity index (χ0v) is 17.8. The molecule has 1 unspecified atom stereocenters. The minimum atomic E-state index is -0.293. The lowest BCUT2D eigenvalue weighted by atomic mass is 9.96. The van der Waals surface area contributed by atoms with E-state index < -0.39 is 0 Å². The average molecular weight is 441 g/mol. The van der Waals surface area contributed by atoms with Gasteiger partial charge in [-0.2, -0.15) is 0 Å². The second kappa shape index (κ2) is 10.5. The van der Waals surface area contributed by atoms with Crippen molar-refractivity contribution in [3.05, 3.63) is 63.9 Å². The van der Waals surface area contributed by atoms with Gasteiger partial charge >= 0.3 is 0 Å². The smallest absolute Gasteiger partial charge is 0.224 e. The Morgan fingerprint density at radius 2 is 2.00 bits per heavy atom. The molecule has 150 valence electrons. The maximum absolute atomic E-state index is 14.0. The fourth-order valence-electron chi connectivity index (χ4n) is 3.34. The van der Waals surface area contributed by atoms with Gasteiger partial charge in [0.25, 0.3) is 0 Å². The van der Waals surface area contributed by atoms with Crippen molar-refractivity contribution < 1.29 is 9.18 Å². The van der Waals surface area contributed by atoms with Crippen LogP contribution in [-0.4, -0.2) is 36.2 Å². The number of carbonyl (C=O) groups is 1. The van der Waals surface area contributed by atoms with E-state index >= 15 is 0 Å². The molecule has 0 aliphatic carbocycles. The van der Waals surface area contributed by atoms with E-state index in [2.05, 4.69) is 10.2 Å². The molecule has 1 saturated heterocycles. The summed E-state index contributed by atoms with van der Waals surface area (Å²) in [7, 11) is 0. The largest absolute Gasteiger partial charge is 0.355 e. The molecule has 1 amide bonds. The Morgan fingerprint density at radius 1 is 1.21 bits per heavy atom. The highest BCUT2D eigenvalue weighted by molar-refractivity contribution is 7.99. The van der Waals surface area contributed by atoms with Crippen LogP contribution in [0.25, 0.3) is 0 Å². The molecule has 7 heteroatoms. The summed E-state index contributed by atoms with van der Waals surface area (Å²) in [5.41, 5.74) is 0.504.